The van der Waals surface area contributed by atoms with Crippen LogP contribution in [-0.4, -0.2) is 30.1 Å². The number of imidazole rings is 1. The summed E-state index contributed by atoms with van der Waals surface area (Å²) < 4.78 is 0. The standard InChI is InChI=1S/C17H18N2.C8H17N.C7H8ClN/c1-4-7-13(3)8-6-9-17-18-15-11-10-14(5-2)12-16(15)19-17;1-7-5-3-4-6-8(7)9-2;1-9-7-4-2-6(8)3-5-7/h4-8,10-12H,1-2,9H2,3H3,(H,18,19);7-9H,3-6H2,1-2H3;2-5,9H,1H3/b8-6-,13-7-;;. The van der Waals surface area contributed by atoms with E-state index in [0.717, 1.165) is 51.5 Å². The van der Waals surface area contributed by atoms with E-state index in [1.807, 2.05) is 62.5 Å². The van der Waals surface area contributed by atoms with Gasteiger partial charge >= 0.3 is 0 Å². The Kier molecular flexibility index (Phi) is 13.5. The molecule has 1 fully saturated rings. The molecule has 5 heteroatoms. The molecule has 1 aliphatic rings. The van der Waals surface area contributed by atoms with E-state index in [4.69, 9.17) is 11.6 Å². The fraction of sp³-hybridized carbons (Fsp3) is 0.344. The molecule has 0 amide bonds. The second-order valence-corrected chi connectivity index (χ2v) is 9.77. The first-order chi connectivity index (χ1) is 17.9. The predicted octanol–water partition coefficient (Wildman–Crippen LogP) is 8.60. The maximum Gasteiger partial charge on any atom is 0.111 e. The van der Waals surface area contributed by atoms with E-state index < -0.39 is 0 Å². The Morgan fingerprint density at radius 2 is 1.84 bits per heavy atom. The molecule has 1 aromatic heterocycles. The van der Waals surface area contributed by atoms with E-state index in [2.05, 4.69) is 65.9 Å². The number of hydrogen-bond acceptors (Lipinski definition) is 3. The summed E-state index contributed by atoms with van der Waals surface area (Å²) in [5.74, 6) is 1.88. The fourth-order valence-corrected chi connectivity index (χ4v) is 4.39. The molecule has 0 saturated heterocycles. The first-order valence-corrected chi connectivity index (χ1v) is 13.5. The number of nitrogens with zero attached hydrogens (tertiary/aromatic N) is 1. The minimum atomic E-state index is 0.772. The van der Waals surface area contributed by atoms with E-state index in [-0.39, 0.29) is 0 Å². The van der Waals surface area contributed by atoms with Crippen LogP contribution in [0.15, 0.2) is 85.5 Å². The lowest BCUT2D eigenvalue weighted by atomic mass is 9.86. The highest BCUT2D eigenvalue weighted by atomic mass is 35.5. The lowest BCUT2D eigenvalue weighted by molar-refractivity contribution is 0.294. The molecule has 0 spiro atoms. The highest BCUT2D eigenvalue weighted by Crippen LogP contribution is 2.23. The molecule has 0 aliphatic heterocycles. The van der Waals surface area contributed by atoms with E-state index in [9.17, 15) is 0 Å². The van der Waals surface area contributed by atoms with Gasteiger partial charge in [-0.15, -0.1) is 0 Å². The van der Waals surface area contributed by atoms with E-state index in [1.165, 1.54) is 31.3 Å². The Morgan fingerprint density at radius 3 is 2.43 bits per heavy atom. The van der Waals surface area contributed by atoms with Crippen molar-refractivity contribution in [3.05, 3.63) is 102 Å². The highest BCUT2D eigenvalue weighted by molar-refractivity contribution is 6.30. The van der Waals surface area contributed by atoms with Crippen molar-refractivity contribution in [2.24, 2.45) is 5.92 Å². The quantitative estimate of drug-likeness (QED) is 0.274. The summed E-state index contributed by atoms with van der Waals surface area (Å²) in [4.78, 5) is 7.88. The molecule has 1 aliphatic carbocycles. The third-order valence-electron chi connectivity index (χ3n) is 6.48. The third-order valence-corrected chi connectivity index (χ3v) is 6.73. The number of nitrogens with one attached hydrogen (secondary N) is 3. The zero-order valence-corrected chi connectivity index (χ0v) is 23.6. The minimum absolute atomic E-state index is 0.772. The molecule has 4 nitrogen and oxygen atoms in total. The summed E-state index contributed by atoms with van der Waals surface area (Å²) in [7, 11) is 3.95. The van der Waals surface area contributed by atoms with Crippen LogP contribution in [-0.2, 0) is 6.42 Å². The lowest BCUT2D eigenvalue weighted by Crippen LogP contribution is -2.34. The average Bonchev–Trinajstić information content (AvgIpc) is 3.32. The molecule has 1 heterocycles. The topological polar surface area (TPSA) is 52.7 Å². The number of halogens is 1. The van der Waals surface area contributed by atoms with Crippen LogP contribution in [0.3, 0.4) is 0 Å². The van der Waals surface area contributed by atoms with Crippen LogP contribution >= 0.6 is 11.6 Å². The molecule has 198 valence electrons. The van der Waals surface area contributed by atoms with Gasteiger partial charge in [-0.3, -0.25) is 0 Å². The van der Waals surface area contributed by atoms with Gasteiger partial charge in [0, 0.05) is 30.2 Å². The summed E-state index contributed by atoms with van der Waals surface area (Å²) in [5.41, 5.74) is 5.41. The monoisotopic (exact) mass is 518 g/mol. The van der Waals surface area contributed by atoms with Crippen LogP contribution in [0.4, 0.5) is 5.69 Å². The zero-order chi connectivity index (χ0) is 27.0. The van der Waals surface area contributed by atoms with E-state index in [0.29, 0.717) is 0 Å². The van der Waals surface area contributed by atoms with Crippen molar-refractivity contribution in [2.75, 3.05) is 19.4 Å². The van der Waals surface area contributed by atoms with Crippen molar-refractivity contribution in [1.82, 2.24) is 15.3 Å². The molecule has 3 N–H and O–H groups in total. The Balaban J connectivity index is 0.000000222. The normalized spacial score (nSPS) is 17.4. The summed E-state index contributed by atoms with van der Waals surface area (Å²) in [6.07, 6.45) is 16.2. The maximum absolute atomic E-state index is 5.64. The SMILES string of the molecule is C=C/C=C(C)\C=C/Cc1nc2ccc(C=C)cc2[nH]1.CNC1CCCCC1C.CNc1ccc(Cl)cc1. The molecule has 2 aromatic carbocycles. The first kappa shape index (κ1) is 30.1. The van der Waals surface area contributed by atoms with E-state index in [1.54, 1.807) is 6.08 Å². The Morgan fingerprint density at radius 1 is 1.11 bits per heavy atom. The van der Waals surface area contributed by atoms with Gasteiger partial charge in [-0.1, -0.05) is 86.5 Å². The van der Waals surface area contributed by atoms with Crippen molar-refractivity contribution in [3.63, 3.8) is 0 Å². The number of hydrogen-bond donors (Lipinski definition) is 3. The molecule has 2 unspecified atom stereocenters. The molecule has 0 bridgehead atoms. The second kappa shape index (κ2) is 16.6. The highest BCUT2D eigenvalue weighted by Gasteiger charge is 2.18. The minimum Gasteiger partial charge on any atom is -0.388 e. The molecule has 2 atom stereocenters. The number of fused-ring (bicyclic) bond motifs is 1. The van der Waals surface area contributed by atoms with Crippen molar-refractivity contribution >= 4 is 34.4 Å². The first-order valence-electron chi connectivity index (χ1n) is 13.1. The van der Waals surface area contributed by atoms with Crippen molar-refractivity contribution < 1.29 is 0 Å². The van der Waals surface area contributed by atoms with Gasteiger partial charge in [-0.25, -0.2) is 4.98 Å². The third kappa shape index (κ3) is 10.8. The van der Waals surface area contributed by atoms with Gasteiger partial charge in [0.25, 0.3) is 0 Å². The summed E-state index contributed by atoms with van der Waals surface area (Å²) in [6.45, 7) is 11.8. The Hall–Kier alpha value is -3.08. The van der Waals surface area contributed by atoms with Crippen molar-refractivity contribution in [3.8, 4) is 0 Å². The number of allylic oxidation sites excluding steroid dienone is 5. The van der Waals surface area contributed by atoms with Crippen LogP contribution in [0.5, 0.6) is 0 Å². The average molecular weight is 519 g/mol. The summed E-state index contributed by atoms with van der Waals surface area (Å²) in [5, 5.41) is 7.12. The lowest BCUT2D eigenvalue weighted by Gasteiger charge is -2.27. The van der Waals surface area contributed by atoms with Gasteiger partial charge in [-0.05, 0) is 74.7 Å². The predicted molar refractivity (Wildman–Crippen MR) is 164 cm³/mol. The zero-order valence-electron chi connectivity index (χ0n) is 22.9. The van der Waals surface area contributed by atoms with Crippen LogP contribution in [0.25, 0.3) is 17.1 Å². The molecule has 0 radical (unpaired) electrons. The number of H-pyrrole nitrogens is 1. The van der Waals surface area contributed by atoms with Crippen LogP contribution in [0.1, 0.15) is 50.9 Å². The second-order valence-electron chi connectivity index (χ2n) is 9.33. The van der Waals surface area contributed by atoms with Gasteiger partial charge < -0.3 is 15.6 Å². The summed E-state index contributed by atoms with van der Waals surface area (Å²) >= 11 is 5.64. The van der Waals surface area contributed by atoms with Gasteiger partial charge in [0.1, 0.15) is 5.82 Å². The van der Waals surface area contributed by atoms with Crippen LogP contribution in [0, 0.1) is 5.92 Å². The number of aromatic amines is 1. The smallest absolute Gasteiger partial charge is 0.111 e. The van der Waals surface area contributed by atoms with Crippen LogP contribution < -0.4 is 10.6 Å². The number of aromatic nitrogens is 2. The van der Waals surface area contributed by atoms with Gasteiger partial charge in [-0.2, -0.15) is 0 Å². The molecule has 3 aromatic rings. The number of rotatable bonds is 7. The molecule has 1 saturated carbocycles. The van der Waals surface area contributed by atoms with Crippen molar-refractivity contribution in [1.29, 1.82) is 0 Å². The molecule has 4 rings (SSSR count). The fourth-order valence-electron chi connectivity index (χ4n) is 4.26. The maximum atomic E-state index is 5.64. The van der Waals surface area contributed by atoms with Gasteiger partial charge in [0.05, 0.1) is 11.0 Å². The van der Waals surface area contributed by atoms with Gasteiger partial charge in [0.15, 0.2) is 0 Å². The van der Waals surface area contributed by atoms with Gasteiger partial charge in [0.2, 0.25) is 0 Å². The largest absolute Gasteiger partial charge is 0.388 e. The number of anilines is 1. The Labute approximate surface area is 228 Å². The Bertz CT molecular complexity index is 1160. The molecular weight excluding hydrogens is 476 g/mol. The van der Waals surface area contributed by atoms with E-state index >= 15 is 0 Å². The number of benzene rings is 2. The molecule has 37 heavy (non-hydrogen) atoms. The van der Waals surface area contributed by atoms with Crippen molar-refractivity contribution in [2.45, 2.75) is 52.0 Å². The summed E-state index contributed by atoms with van der Waals surface area (Å²) in [6, 6.07) is 14.5. The van der Waals surface area contributed by atoms with Crippen LogP contribution in [0.2, 0.25) is 5.02 Å². The molecular formula is C32H43ClN4.